The molecular weight excluding hydrogens is 380 g/mol. The largest absolute Gasteiger partial charge is 0.303 e. The third-order valence-corrected chi connectivity index (χ3v) is 5.18. The van der Waals surface area contributed by atoms with Crippen molar-refractivity contribution in [3.05, 3.63) is 79.2 Å². The van der Waals surface area contributed by atoms with E-state index in [4.69, 9.17) is 0 Å². The molecule has 3 aromatic rings. The van der Waals surface area contributed by atoms with Gasteiger partial charge in [-0.1, -0.05) is 6.07 Å². The van der Waals surface area contributed by atoms with E-state index in [-0.39, 0.29) is 23.7 Å². The Hall–Kier alpha value is -3.33. The first kappa shape index (κ1) is 19.4. The van der Waals surface area contributed by atoms with Crippen LogP contribution < -0.4 is 10.5 Å². The van der Waals surface area contributed by atoms with Crippen LogP contribution in [0.25, 0.3) is 0 Å². The maximum absolute atomic E-state index is 12.2. The van der Waals surface area contributed by atoms with Gasteiger partial charge in [0.2, 0.25) is 5.91 Å². The summed E-state index contributed by atoms with van der Waals surface area (Å²) < 4.78 is 1.23. The van der Waals surface area contributed by atoms with Crippen molar-refractivity contribution in [1.29, 1.82) is 0 Å². The van der Waals surface area contributed by atoms with Gasteiger partial charge in [-0.25, -0.2) is 4.98 Å². The van der Waals surface area contributed by atoms with Gasteiger partial charge in [0.05, 0.1) is 29.0 Å². The molecule has 0 aliphatic heterocycles. The van der Waals surface area contributed by atoms with Crippen molar-refractivity contribution in [3.8, 4) is 0 Å². The maximum Gasteiger partial charge on any atom is 0.285 e. The second kappa shape index (κ2) is 7.73. The molecule has 0 radical (unpaired) electrons. The van der Waals surface area contributed by atoms with Crippen molar-refractivity contribution in [2.75, 3.05) is 4.90 Å². The second-order valence-corrected chi connectivity index (χ2v) is 7.19. The molecule has 9 heteroatoms. The van der Waals surface area contributed by atoms with Crippen LogP contribution in [0.2, 0.25) is 0 Å². The molecule has 0 fully saturated rings. The Morgan fingerprint density at radius 2 is 2.00 bits per heavy atom. The van der Waals surface area contributed by atoms with Gasteiger partial charge in [0.15, 0.2) is 5.13 Å². The molecule has 1 aromatic carbocycles. The van der Waals surface area contributed by atoms with Crippen LogP contribution in [-0.2, 0) is 11.3 Å². The van der Waals surface area contributed by atoms with E-state index in [1.165, 1.54) is 40.0 Å². The summed E-state index contributed by atoms with van der Waals surface area (Å²) in [7, 11) is 0. The van der Waals surface area contributed by atoms with Crippen molar-refractivity contribution in [2.45, 2.75) is 27.3 Å². The van der Waals surface area contributed by atoms with Gasteiger partial charge in [0.25, 0.3) is 11.2 Å². The molecule has 3 rings (SSSR count). The number of carbonyl (C=O) groups excluding carboxylic acids is 1. The van der Waals surface area contributed by atoms with E-state index in [9.17, 15) is 19.7 Å². The number of hydrogen-bond acceptors (Lipinski definition) is 6. The number of pyridine rings is 1. The predicted molar refractivity (Wildman–Crippen MR) is 107 cm³/mol. The Morgan fingerprint density at radius 1 is 1.25 bits per heavy atom. The average molecular weight is 398 g/mol. The number of carbonyl (C=O) groups is 1. The normalized spacial score (nSPS) is 10.7. The summed E-state index contributed by atoms with van der Waals surface area (Å²) in [4.78, 5) is 40.6. The molecule has 0 N–H and O–H groups in total. The fourth-order valence-corrected chi connectivity index (χ4v) is 3.57. The Labute approximate surface area is 164 Å². The number of thiazole rings is 1. The smallest absolute Gasteiger partial charge is 0.285 e. The SMILES string of the molecule is CC(=O)N(c1ccc(C)c(C)c1)c1nc(Cn2cc([N+](=O)[O-])ccc2=O)cs1. The molecule has 0 spiro atoms. The third-order valence-electron chi connectivity index (χ3n) is 4.31. The van der Waals surface area contributed by atoms with Crippen LogP contribution in [0.15, 0.2) is 46.7 Å². The maximum atomic E-state index is 12.2. The molecule has 0 aliphatic carbocycles. The molecule has 0 saturated heterocycles. The number of benzene rings is 1. The minimum Gasteiger partial charge on any atom is -0.303 e. The molecule has 0 saturated carbocycles. The van der Waals surface area contributed by atoms with Gasteiger partial charge in [0.1, 0.15) is 0 Å². The van der Waals surface area contributed by atoms with Crippen LogP contribution in [-0.4, -0.2) is 20.4 Å². The topological polar surface area (TPSA) is 98.3 Å². The van der Waals surface area contributed by atoms with Gasteiger partial charge in [-0.2, -0.15) is 0 Å². The van der Waals surface area contributed by atoms with E-state index in [1.807, 2.05) is 32.0 Å². The molecule has 28 heavy (non-hydrogen) atoms. The van der Waals surface area contributed by atoms with Crippen LogP contribution in [0.1, 0.15) is 23.7 Å². The van der Waals surface area contributed by atoms with E-state index < -0.39 is 4.92 Å². The van der Waals surface area contributed by atoms with Crippen LogP contribution in [0.5, 0.6) is 0 Å². The average Bonchev–Trinajstić information content (AvgIpc) is 3.07. The predicted octanol–water partition coefficient (Wildman–Crippen LogP) is 3.56. The summed E-state index contributed by atoms with van der Waals surface area (Å²) in [6, 6.07) is 8.04. The summed E-state index contributed by atoms with van der Waals surface area (Å²) in [5.74, 6) is -0.184. The Kier molecular flexibility index (Phi) is 5.36. The number of nitrogens with zero attached hydrogens (tertiary/aromatic N) is 4. The molecule has 2 aromatic heterocycles. The van der Waals surface area contributed by atoms with Gasteiger partial charge in [-0.3, -0.25) is 24.6 Å². The zero-order valence-electron chi connectivity index (χ0n) is 15.6. The quantitative estimate of drug-likeness (QED) is 0.483. The Balaban J connectivity index is 1.93. The van der Waals surface area contributed by atoms with E-state index in [0.717, 1.165) is 17.2 Å². The highest BCUT2D eigenvalue weighted by Crippen LogP contribution is 2.30. The number of aromatic nitrogens is 2. The fraction of sp³-hybridized carbons (Fsp3) is 0.211. The minimum absolute atomic E-state index is 0.0791. The number of nitro groups is 1. The highest BCUT2D eigenvalue weighted by atomic mass is 32.1. The summed E-state index contributed by atoms with van der Waals surface area (Å²) in [5, 5.41) is 13.1. The van der Waals surface area contributed by atoms with Crippen LogP contribution in [0.4, 0.5) is 16.5 Å². The number of amides is 1. The second-order valence-electron chi connectivity index (χ2n) is 6.35. The number of anilines is 2. The molecule has 0 aliphatic rings. The fourth-order valence-electron chi connectivity index (χ4n) is 2.69. The third kappa shape index (κ3) is 3.99. The zero-order chi connectivity index (χ0) is 20.4. The summed E-state index contributed by atoms with van der Waals surface area (Å²) in [6.45, 7) is 5.51. The van der Waals surface area contributed by atoms with Crippen LogP contribution in [0.3, 0.4) is 0 Å². The van der Waals surface area contributed by atoms with Gasteiger partial charge < -0.3 is 4.57 Å². The van der Waals surface area contributed by atoms with Gasteiger partial charge >= 0.3 is 0 Å². The highest BCUT2D eigenvalue weighted by Gasteiger charge is 2.19. The zero-order valence-corrected chi connectivity index (χ0v) is 16.4. The number of aryl methyl sites for hydroxylation is 2. The highest BCUT2D eigenvalue weighted by molar-refractivity contribution is 7.14. The standard InChI is InChI=1S/C19H18N4O4S/c1-12-4-5-16(8-13(12)2)22(14(3)24)19-20-15(11-28-19)9-21-10-17(23(26)27)6-7-18(21)25/h4-8,10-11H,9H2,1-3H3. The van der Waals surface area contributed by atoms with Gasteiger partial charge in [0, 0.05) is 24.4 Å². The molecular formula is C19H18N4O4S. The minimum atomic E-state index is -0.556. The van der Waals surface area contributed by atoms with Crippen LogP contribution in [0, 0.1) is 24.0 Å². The first-order valence-electron chi connectivity index (χ1n) is 8.43. The lowest BCUT2D eigenvalue weighted by Crippen LogP contribution is -2.23. The van der Waals surface area contributed by atoms with Gasteiger partial charge in [-0.15, -0.1) is 11.3 Å². The lowest BCUT2D eigenvalue weighted by molar-refractivity contribution is -0.385. The first-order valence-corrected chi connectivity index (χ1v) is 9.31. The molecule has 144 valence electrons. The van der Waals surface area contributed by atoms with Crippen molar-refractivity contribution in [1.82, 2.24) is 9.55 Å². The van der Waals surface area contributed by atoms with Crippen molar-refractivity contribution < 1.29 is 9.72 Å². The molecule has 0 bridgehead atoms. The molecule has 0 unspecified atom stereocenters. The van der Waals surface area contributed by atoms with Crippen molar-refractivity contribution in [3.63, 3.8) is 0 Å². The van der Waals surface area contributed by atoms with Crippen molar-refractivity contribution >= 4 is 33.8 Å². The summed E-state index contributed by atoms with van der Waals surface area (Å²) in [6.07, 6.45) is 1.19. The molecule has 8 nitrogen and oxygen atoms in total. The summed E-state index contributed by atoms with van der Waals surface area (Å²) >= 11 is 1.27. The van der Waals surface area contributed by atoms with Crippen molar-refractivity contribution in [2.24, 2.45) is 0 Å². The van der Waals surface area contributed by atoms with Gasteiger partial charge in [-0.05, 0) is 37.1 Å². The monoisotopic (exact) mass is 398 g/mol. The molecule has 0 atom stereocenters. The number of rotatable bonds is 5. The van der Waals surface area contributed by atoms with Crippen LogP contribution >= 0.6 is 11.3 Å². The Morgan fingerprint density at radius 3 is 2.64 bits per heavy atom. The lowest BCUT2D eigenvalue weighted by Gasteiger charge is -2.19. The number of hydrogen-bond donors (Lipinski definition) is 0. The first-order chi connectivity index (χ1) is 13.3. The molecule has 2 heterocycles. The van der Waals surface area contributed by atoms with E-state index in [0.29, 0.717) is 16.5 Å². The van der Waals surface area contributed by atoms with E-state index in [1.54, 1.807) is 5.38 Å². The summed E-state index contributed by atoms with van der Waals surface area (Å²) in [5.41, 5.74) is 2.90. The van der Waals surface area contributed by atoms with E-state index in [2.05, 4.69) is 4.98 Å². The molecule has 1 amide bonds. The van der Waals surface area contributed by atoms with E-state index >= 15 is 0 Å². The Bertz CT molecular complexity index is 1120. The lowest BCUT2D eigenvalue weighted by atomic mass is 10.1.